The molecule has 0 saturated carbocycles. The van der Waals surface area contributed by atoms with Crippen molar-refractivity contribution in [2.45, 2.75) is 19.1 Å². The van der Waals surface area contributed by atoms with Crippen LogP contribution < -0.4 is 10.6 Å². The van der Waals surface area contributed by atoms with Gasteiger partial charge in [0.1, 0.15) is 16.5 Å². The Balaban J connectivity index is 3.28. The first-order valence-electron chi connectivity index (χ1n) is 5.78. The topological polar surface area (TPSA) is 51.4 Å². The number of likely N-dealkylation sites (N-methyl/N-ethyl adjacent to an activating group) is 1. The summed E-state index contributed by atoms with van der Waals surface area (Å²) in [5.41, 5.74) is 4.86. The lowest BCUT2D eigenvalue weighted by atomic mass is 10.2. The van der Waals surface area contributed by atoms with Crippen molar-refractivity contribution in [3.63, 3.8) is 0 Å². The smallest absolute Gasteiger partial charge is 0.389 e. The van der Waals surface area contributed by atoms with E-state index in [4.69, 9.17) is 22.7 Å². The number of hydrogen-bond acceptors (Lipinski definition) is 4. The highest BCUT2D eigenvalue weighted by molar-refractivity contribution is 7.80. The number of hydrogen-bond donors (Lipinski definition) is 1. The van der Waals surface area contributed by atoms with Crippen LogP contribution in [0.4, 0.5) is 19.0 Å². The van der Waals surface area contributed by atoms with Gasteiger partial charge in [0.05, 0.1) is 18.2 Å². The van der Waals surface area contributed by atoms with Crippen LogP contribution in [0.3, 0.4) is 0 Å². The van der Waals surface area contributed by atoms with Crippen LogP contribution in [0.5, 0.6) is 0 Å². The van der Waals surface area contributed by atoms with Gasteiger partial charge < -0.3 is 15.4 Å². The van der Waals surface area contributed by atoms with E-state index in [0.717, 1.165) is 6.07 Å². The van der Waals surface area contributed by atoms with Crippen LogP contribution in [-0.4, -0.2) is 36.8 Å². The van der Waals surface area contributed by atoms with E-state index in [2.05, 4.69) is 4.98 Å². The Bertz CT molecular complexity index is 493. The number of halogens is 3. The maximum Gasteiger partial charge on any atom is 0.433 e. The average molecular weight is 307 g/mol. The van der Waals surface area contributed by atoms with E-state index >= 15 is 0 Å². The van der Waals surface area contributed by atoms with Gasteiger partial charge in [-0.2, -0.15) is 13.2 Å². The fraction of sp³-hybridized carbons (Fsp3) is 0.500. The summed E-state index contributed by atoms with van der Waals surface area (Å²) in [7, 11) is 3.13. The van der Waals surface area contributed by atoms with Crippen molar-refractivity contribution in [2.75, 3.05) is 25.7 Å². The monoisotopic (exact) mass is 307 g/mol. The van der Waals surface area contributed by atoms with Crippen LogP contribution in [0, 0.1) is 0 Å². The van der Waals surface area contributed by atoms with Crippen LogP contribution >= 0.6 is 12.2 Å². The lowest BCUT2D eigenvalue weighted by molar-refractivity contribution is -0.141. The van der Waals surface area contributed by atoms with Gasteiger partial charge in [0.25, 0.3) is 0 Å². The molecule has 1 aromatic rings. The second kappa shape index (κ2) is 6.36. The highest BCUT2D eigenvalue weighted by Gasteiger charge is 2.34. The molecule has 0 aliphatic carbocycles. The highest BCUT2D eigenvalue weighted by Crippen LogP contribution is 2.30. The van der Waals surface area contributed by atoms with Gasteiger partial charge in [-0.05, 0) is 19.1 Å². The van der Waals surface area contributed by atoms with E-state index in [9.17, 15) is 13.2 Å². The summed E-state index contributed by atoms with van der Waals surface area (Å²) in [6, 6.07) is 1.93. The van der Waals surface area contributed by atoms with Crippen LogP contribution in [0.2, 0.25) is 0 Å². The van der Waals surface area contributed by atoms with Crippen molar-refractivity contribution < 1.29 is 17.9 Å². The van der Waals surface area contributed by atoms with Crippen LogP contribution in [0.1, 0.15) is 18.2 Å². The number of anilines is 1. The van der Waals surface area contributed by atoms with Crippen molar-refractivity contribution in [2.24, 2.45) is 5.73 Å². The molecule has 1 atom stereocenters. The Morgan fingerprint density at radius 1 is 1.50 bits per heavy atom. The quantitative estimate of drug-likeness (QED) is 0.845. The largest absolute Gasteiger partial charge is 0.433 e. The molecule has 112 valence electrons. The third-order valence-corrected chi connectivity index (χ3v) is 3.05. The van der Waals surface area contributed by atoms with Crippen molar-refractivity contribution in [3.8, 4) is 0 Å². The number of nitrogens with zero attached hydrogens (tertiary/aromatic N) is 2. The molecule has 0 saturated heterocycles. The van der Waals surface area contributed by atoms with Crippen molar-refractivity contribution >= 4 is 23.0 Å². The van der Waals surface area contributed by atoms with Gasteiger partial charge in [0.15, 0.2) is 0 Å². The highest BCUT2D eigenvalue weighted by atomic mass is 32.1. The Morgan fingerprint density at radius 3 is 2.55 bits per heavy atom. The van der Waals surface area contributed by atoms with Crippen molar-refractivity contribution in [1.29, 1.82) is 0 Å². The first-order chi connectivity index (χ1) is 9.18. The number of ether oxygens (including phenoxy) is 1. The molecule has 4 nitrogen and oxygen atoms in total. The molecule has 0 radical (unpaired) electrons. The lowest BCUT2D eigenvalue weighted by Gasteiger charge is -2.27. The molecule has 0 bridgehead atoms. The summed E-state index contributed by atoms with van der Waals surface area (Å²) in [5.74, 6) is 0.0943. The number of aromatic nitrogens is 1. The number of thiocarbonyl (C=S) groups is 1. The van der Waals surface area contributed by atoms with Crippen LogP contribution in [0.25, 0.3) is 0 Å². The molecular weight excluding hydrogens is 291 g/mol. The first-order valence-corrected chi connectivity index (χ1v) is 6.19. The standard InChI is InChI=1S/C12H16F3N3OS/c1-7(6-19-3)18(2)11-8(10(16)20)4-5-9(17-11)12(13,14)15/h4-5,7H,6H2,1-3H3,(H2,16,20). The normalized spacial score (nSPS) is 13.1. The summed E-state index contributed by atoms with van der Waals surface area (Å²) in [5, 5.41) is 0. The molecule has 0 fully saturated rings. The summed E-state index contributed by atoms with van der Waals surface area (Å²) in [6.07, 6.45) is -4.52. The first kappa shape index (κ1) is 16.6. The van der Waals surface area contributed by atoms with E-state index in [-0.39, 0.29) is 16.8 Å². The fourth-order valence-electron chi connectivity index (χ4n) is 1.63. The number of pyridine rings is 1. The number of rotatable bonds is 5. The van der Waals surface area contributed by atoms with Crippen molar-refractivity contribution in [1.82, 2.24) is 4.98 Å². The lowest BCUT2D eigenvalue weighted by Crippen LogP contribution is -2.35. The maximum absolute atomic E-state index is 12.7. The molecule has 0 aromatic carbocycles. The van der Waals surface area contributed by atoms with E-state index < -0.39 is 11.9 Å². The molecule has 1 aromatic heterocycles. The van der Waals surface area contributed by atoms with E-state index in [1.54, 1.807) is 18.9 Å². The van der Waals surface area contributed by atoms with Gasteiger partial charge in [-0.15, -0.1) is 0 Å². The van der Waals surface area contributed by atoms with E-state index in [1.165, 1.54) is 13.2 Å². The molecule has 0 aliphatic heterocycles. The van der Waals surface area contributed by atoms with E-state index in [0.29, 0.717) is 12.2 Å². The predicted octanol–water partition coefficient (Wildman–Crippen LogP) is 2.21. The van der Waals surface area contributed by atoms with Gasteiger partial charge in [-0.3, -0.25) is 0 Å². The minimum atomic E-state index is -4.52. The molecule has 1 unspecified atom stereocenters. The second-order valence-electron chi connectivity index (χ2n) is 4.34. The zero-order valence-electron chi connectivity index (χ0n) is 11.4. The Morgan fingerprint density at radius 2 is 2.10 bits per heavy atom. The second-order valence-corrected chi connectivity index (χ2v) is 4.78. The van der Waals surface area contributed by atoms with Gasteiger partial charge >= 0.3 is 6.18 Å². The van der Waals surface area contributed by atoms with Crippen molar-refractivity contribution in [3.05, 3.63) is 23.4 Å². The third-order valence-electron chi connectivity index (χ3n) is 2.83. The minimum Gasteiger partial charge on any atom is -0.389 e. The van der Waals surface area contributed by atoms with Gasteiger partial charge in [-0.25, -0.2) is 4.98 Å². The SMILES string of the molecule is COCC(C)N(C)c1nc(C(F)(F)F)ccc1C(N)=S. The molecule has 0 aliphatic rings. The minimum absolute atomic E-state index is 0.00214. The molecule has 0 spiro atoms. The van der Waals surface area contributed by atoms with E-state index in [1.807, 2.05) is 0 Å². The molecule has 1 rings (SSSR count). The molecule has 2 N–H and O–H groups in total. The number of methoxy groups -OCH3 is 1. The Labute approximate surface area is 120 Å². The molecule has 20 heavy (non-hydrogen) atoms. The van der Waals surface area contributed by atoms with Crippen LogP contribution in [0.15, 0.2) is 12.1 Å². The summed E-state index contributed by atoms with van der Waals surface area (Å²) in [4.78, 5) is 5.21. The number of nitrogens with two attached hydrogens (primary N) is 1. The summed E-state index contributed by atoms with van der Waals surface area (Å²) in [6.45, 7) is 2.14. The van der Waals surface area contributed by atoms with Gasteiger partial charge in [0, 0.05) is 14.2 Å². The molecular formula is C12H16F3N3OS. The maximum atomic E-state index is 12.7. The molecule has 8 heteroatoms. The summed E-state index contributed by atoms with van der Waals surface area (Å²) >= 11 is 4.86. The Kier molecular flexibility index (Phi) is 5.29. The molecule has 1 heterocycles. The van der Waals surface area contributed by atoms with Crippen LogP contribution in [-0.2, 0) is 10.9 Å². The van der Waals surface area contributed by atoms with Gasteiger partial charge in [-0.1, -0.05) is 12.2 Å². The average Bonchev–Trinajstić information content (AvgIpc) is 2.36. The predicted molar refractivity (Wildman–Crippen MR) is 74.9 cm³/mol. The fourth-order valence-corrected chi connectivity index (χ4v) is 1.79. The summed E-state index contributed by atoms with van der Waals surface area (Å²) < 4.78 is 43.2. The Hall–Kier alpha value is -1.41. The zero-order valence-corrected chi connectivity index (χ0v) is 12.2. The molecule has 0 amide bonds. The zero-order chi connectivity index (χ0) is 15.5. The van der Waals surface area contributed by atoms with Gasteiger partial charge in [0.2, 0.25) is 0 Å². The third kappa shape index (κ3) is 3.80. The number of alkyl halides is 3.